The fourth-order valence-electron chi connectivity index (χ4n) is 3.22. The summed E-state index contributed by atoms with van der Waals surface area (Å²) in [5, 5.41) is 4.86. The van der Waals surface area contributed by atoms with Crippen molar-refractivity contribution >= 4 is 17.5 Å². The molecule has 0 radical (unpaired) electrons. The van der Waals surface area contributed by atoms with Crippen LogP contribution in [0.5, 0.6) is 5.75 Å². The summed E-state index contributed by atoms with van der Waals surface area (Å²) in [6.07, 6.45) is 0.701. The van der Waals surface area contributed by atoms with Crippen molar-refractivity contribution in [2.45, 2.75) is 19.9 Å². The van der Waals surface area contributed by atoms with E-state index in [1.807, 2.05) is 55.5 Å². The number of para-hydroxylation sites is 1. The zero-order chi connectivity index (χ0) is 18.8. The minimum absolute atomic E-state index is 0.0160. The maximum atomic E-state index is 12.5. The van der Waals surface area contributed by atoms with Gasteiger partial charge in [0.25, 0.3) is 5.91 Å². The largest absolute Gasteiger partial charge is 0.484 e. The molecule has 0 fully saturated rings. The highest BCUT2D eigenvalue weighted by molar-refractivity contribution is 6.30. The van der Waals surface area contributed by atoms with Crippen LogP contribution >= 0.6 is 11.6 Å². The van der Waals surface area contributed by atoms with E-state index in [0.29, 0.717) is 24.5 Å². The fraction of sp³-hybridized carbons (Fsp3) is 0.238. The summed E-state index contributed by atoms with van der Waals surface area (Å²) in [6.45, 7) is 3.02. The lowest BCUT2D eigenvalue weighted by Crippen LogP contribution is -2.38. The van der Waals surface area contributed by atoms with Gasteiger partial charge >= 0.3 is 0 Å². The van der Waals surface area contributed by atoms with Crippen LogP contribution in [-0.4, -0.2) is 29.1 Å². The monoisotopic (exact) mass is 382 g/mol. The molecule has 138 valence electrons. The molecule has 0 atom stereocenters. The van der Waals surface area contributed by atoms with Gasteiger partial charge in [-0.25, -0.2) is 0 Å². The first-order chi connectivity index (χ1) is 13.1. The van der Waals surface area contributed by atoms with Crippen LogP contribution in [0, 0.1) is 6.92 Å². The van der Waals surface area contributed by atoms with Crippen LogP contribution in [0.2, 0.25) is 5.02 Å². The molecule has 1 aliphatic rings. The Labute approximate surface area is 162 Å². The number of carbonyl (C=O) groups excluding carboxylic acids is 1. The van der Waals surface area contributed by atoms with E-state index in [0.717, 1.165) is 33.9 Å². The number of fused-ring (bicyclic) bond motifs is 1. The molecule has 0 N–H and O–H groups in total. The van der Waals surface area contributed by atoms with Gasteiger partial charge < -0.3 is 14.2 Å². The second kappa shape index (κ2) is 7.45. The maximum absolute atomic E-state index is 12.5. The third-order valence-electron chi connectivity index (χ3n) is 4.75. The Morgan fingerprint density at radius 3 is 2.78 bits per heavy atom. The number of nitrogens with zero attached hydrogens (tertiary/aromatic N) is 2. The van der Waals surface area contributed by atoms with Crippen LogP contribution in [0.4, 0.5) is 0 Å². The molecule has 27 heavy (non-hydrogen) atoms. The van der Waals surface area contributed by atoms with Crippen LogP contribution in [0.25, 0.3) is 11.3 Å². The molecule has 1 aliphatic heterocycles. The number of benzene rings is 2. The molecule has 0 unspecified atom stereocenters. The summed E-state index contributed by atoms with van der Waals surface area (Å²) in [5.41, 5.74) is 3.81. The summed E-state index contributed by atoms with van der Waals surface area (Å²) >= 11 is 5.95. The molecule has 3 aromatic rings. The van der Waals surface area contributed by atoms with Gasteiger partial charge in [0.05, 0.1) is 6.54 Å². The number of aryl methyl sites for hydroxylation is 1. The topological polar surface area (TPSA) is 55.6 Å². The first-order valence-electron chi connectivity index (χ1n) is 8.81. The predicted octanol–water partition coefficient (Wildman–Crippen LogP) is 4.27. The van der Waals surface area contributed by atoms with Crippen molar-refractivity contribution < 1.29 is 14.1 Å². The highest BCUT2D eigenvalue weighted by Gasteiger charge is 2.27. The van der Waals surface area contributed by atoms with Crippen molar-refractivity contribution in [2.24, 2.45) is 0 Å². The fourth-order valence-corrected chi connectivity index (χ4v) is 3.35. The van der Waals surface area contributed by atoms with Crippen molar-refractivity contribution in [3.63, 3.8) is 0 Å². The molecule has 1 amide bonds. The van der Waals surface area contributed by atoms with Gasteiger partial charge in [0.15, 0.2) is 12.4 Å². The van der Waals surface area contributed by atoms with E-state index < -0.39 is 0 Å². The third kappa shape index (κ3) is 3.69. The molecule has 0 spiro atoms. The van der Waals surface area contributed by atoms with Crippen LogP contribution in [-0.2, 0) is 17.8 Å². The number of carbonyl (C=O) groups is 1. The Balaban J connectivity index is 1.43. The number of amides is 1. The molecule has 4 rings (SSSR count). The van der Waals surface area contributed by atoms with Crippen LogP contribution in [0.15, 0.2) is 53.1 Å². The SMILES string of the molecule is Cc1ccccc1OCC(=O)N1CCc2c(noc2-c2ccc(Cl)cc2)C1. The summed E-state index contributed by atoms with van der Waals surface area (Å²) < 4.78 is 11.2. The second-order valence-corrected chi connectivity index (χ2v) is 7.00. The molecule has 0 aliphatic carbocycles. The zero-order valence-corrected chi connectivity index (χ0v) is 15.7. The number of aromatic nitrogens is 1. The quantitative estimate of drug-likeness (QED) is 0.676. The van der Waals surface area contributed by atoms with Gasteiger partial charge in [-0.3, -0.25) is 4.79 Å². The summed E-state index contributed by atoms with van der Waals surface area (Å²) in [5.74, 6) is 1.43. The molecule has 2 aromatic carbocycles. The number of ether oxygens (including phenoxy) is 1. The number of halogens is 1. The van der Waals surface area contributed by atoms with E-state index >= 15 is 0 Å². The number of rotatable bonds is 4. The van der Waals surface area contributed by atoms with E-state index in [1.165, 1.54) is 0 Å². The molecule has 0 saturated heterocycles. The van der Waals surface area contributed by atoms with Crippen LogP contribution < -0.4 is 4.74 Å². The Hall–Kier alpha value is -2.79. The lowest BCUT2D eigenvalue weighted by atomic mass is 10.0. The molecular weight excluding hydrogens is 364 g/mol. The average molecular weight is 383 g/mol. The Morgan fingerprint density at radius 1 is 1.22 bits per heavy atom. The van der Waals surface area contributed by atoms with Gasteiger partial charge in [-0.15, -0.1) is 0 Å². The van der Waals surface area contributed by atoms with Gasteiger partial charge in [-0.2, -0.15) is 0 Å². The maximum Gasteiger partial charge on any atom is 0.260 e. The number of hydrogen-bond acceptors (Lipinski definition) is 4. The van der Waals surface area contributed by atoms with E-state index in [4.69, 9.17) is 20.9 Å². The smallest absolute Gasteiger partial charge is 0.260 e. The van der Waals surface area contributed by atoms with Gasteiger partial charge in [-0.1, -0.05) is 35.0 Å². The Kier molecular flexibility index (Phi) is 4.86. The molecule has 1 aromatic heterocycles. The summed E-state index contributed by atoms with van der Waals surface area (Å²) in [6, 6.07) is 15.1. The summed E-state index contributed by atoms with van der Waals surface area (Å²) in [4.78, 5) is 14.3. The first-order valence-corrected chi connectivity index (χ1v) is 9.19. The number of hydrogen-bond donors (Lipinski definition) is 0. The van der Waals surface area contributed by atoms with E-state index in [2.05, 4.69) is 5.16 Å². The van der Waals surface area contributed by atoms with Crippen molar-refractivity contribution in [3.05, 3.63) is 70.4 Å². The van der Waals surface area contributed by atoms with Gasteiger partial charge in [0.1, 0.15) is 11.4 Å². The third-order valence-corrected chi connectivity index (χ3v) is 5.00. The minimum atomic E-state index is -0.0556. The highest BCUT2D eigenvalue weighted by atomic mass is 35.5. The van der Waals surface area contributed by atoms with Crippen molar-refractivity contribution in [2.75, 3.05) is 13.2 Å². The molecule has 6 heteroatoms. The highest BCUT2D eigenvalue weighted by Crippen LogP contribution is 2.31. The summed E-state index contributed by atoms with van der Waals surface area (Å²) in [7, 11) is 0. The molecule has 0 saturated carbocycles. The van der Waals surface area contributed by atoms with Crippen LogP contribution in [0.1, 0.15) is 16.8 Å². The minimum Gasteiger partial charge on any atom is -0.484 e. The van der Waals surface area contributed by atoms with Crippen molar-refractivity contribution in [3.8, 4) is 17.1 Å². The zero-order valence-electron chi connectivity index (χ0n) is 14.9. The molecule has 0 bridgehead atoms. The van der Waals surface area contributed by atoms with Crippen LogP contribution in [0.3, 0.4) is 0 Å². The molecule has 5 nitrogen and oxygen atoms in total. The predicted molar refractivity (Wildman–Crippen MR) is 103 cm³/mol. The Morgan fingerprint density at radius 2 is 2.00 bits per heavy atom. The van der Waals surface area contributed by atoms with E-state index in [9.17, 15) is 4.79 Å². The second-order valence-electron chi connectivity index (χ2n) is 6.56. The standard InChI is InChI=1S/C21H19ClN2O3/c1-14-4-2-3-5-19(14)26-13-20(25)24-11-10-17-18(12-24)23-27-21(17)15-6-8-16(22)9-7-15/h2-9H,10-13H2,1H3. The average Bonchev–Trinajstić information content (AvgIpc) is 3.11. The van der Waals surface area contributed by atoms with Crippen molar-refractivity contribution in [1.82, 2.24) is 10.1 Å². The van der Waals surface area contributed by atoms with Gasteiger partial charge in [0.2, 0.25) is 0 Å². The lowest BCUT2D eigenvalue weighted by Gasteiger charge is -2.26. The van der Waals surface area contributed by atoms with Gasteiger partial charge in [-0.05, 0) is 49.2 Å². The van der Waals surface area contributed by atoms with Crippen molar-refractivity contribution in [1.29, 1.82) is 0 Å². The first kappa shape index (κ1) is 17.6. The van der Waals surface area contributed by atoms with E-state index in [1.54, 1.807) is 4.90 Å². The molecular formula is C21H19ClN2O3. The molecule has 2 heterocycles. The lowest BCUT2D eigenvalue weighted by molar-refractivity contribution is -0.134. The van der Waals surface area contributed by atoms with Gasteiger partial charge in [0, 0.05) is 22.7 Å². The van der Waals surface area contributed by atoms with E-state index in [-0.39, 0.29) is 12.5 Å². The Bertz CT molecular complexity index is 966. The normalized spacial score (nSPS) is 13.3.